The van der Waals surface area contributed by atoms with Crippen LogP contribution in [0.2, 0.25) is 0 Å². The molecule has 0 atom stereocenters. The van der Waals surface area contributed by atoms with Crippen molar-refractivity contribution in [3.63, 3.8) is 0 Å². The number of hydrogen-bond donors (Lipinski definition) is 1. The Kier molecular flexibility index (Phi) is 7.16. The van der Waals surface area contributed by atoms with Gasteiger partial charge < -0.3 is 4.98 Å². The van der Waals surface area contributed by atoms with Gasteiger partial charge in [-0.3, -0.25) is 4.79 Å². The number of allylic oxidation sites excluding steroid dienone is 1. The topological polar surface area (TPSA) is 57.6 Å². The van der Waals surface area contributed by atoms with Crippen LogP contribution in [0.25, 0.3) is 0 Å². The van der Waals surface area contributed by atoms with Crippen LogP contribution in [0.1, 0.15) is 82.4 Å². The van der Waals surface area contributed by atoms with E-state index in [1.807, 2.05) is 19.1 Å². The number of nitrogens with zero attached hydrogens (tertiary/aromatic N) is 2. The number of amidine groups is 1. The molecular formula is C20H29N3O. The maximum Gasteiger partial charge on any atom is 0.251 e. The zero-order valence-corrected chi connectivity index (χ0v) is 15.0. The highest BCUT2D eigenvalue weighted by atomic mass is 16.1. The van der Waals surface area contributed by atoms with Gasteiger partial charge in [0.25, 0.3) is 5.56 Å². The van der Waals surface area contributed by atoms with E-state index in [0.29, 0.717) is 17.4 Å². The number of nitrogens with one attached hydrogen (secondary N) is 1. The van der Waals surface area contributed by atoms with E-state index in [2.05, 4.69) is 28.6 Å². The molecule has 0 spiro atoms. The van der Waals surface area contributed by atoms with Crippen LogP contribution in [0.15, 0.2) is 38.7 Å². The van der Waals surface area contributed by atoms with Crippen molar-refractivity contribution in [2.45, 2.75) is 71.1 Å². The highest BCUT2D eigenvalue weighted by Gasteiger charge is 2.17. The van der Waals surface area contributed by atoms with Crippen molar-refractivity contribution in [2.75, 3.05) is 0 Å². The van der Waals surface area contributed by atoms with Crippen molar-refractivity contribution in [3.8, 4) is 0 Å². The minimum atomic E-state index is -0.00869. The maximum absolute atomic E-state index is 12.6. The number of H-pyrrole nitrogens is 1. The van der Waals surface area contributed by atoms with Gasteiger partial charge in [-0.1, -0.05) is 50.7 Å². The average Bonchev–Trinajstić information content (AvgIpc) is 2.56. The lowest BCUT2D eigenvalue weighted by molar-refractivity contribution is 0.453. The summed E-state index contributed by atoms with van der Waals surface area (Å²) in [5, 5.41) is 0. The van der Waals surface area contributed by atoms with E-state index >= 15 is 0 Å². The van der Waals surface area contributed by atoms with E-state index in [1.54, 1.807) is 6.20 Å². The van der Waals surface area contributed by atoms with Crippen molar-refractivity contribution in [1.29, 1.82) is 0 Å². The minimum absolute atomic E-state index is 0.00869. The molecule has 1 N–H and O–H groups in total. The Labute approximate surface area is 144 Å². The quantitative estimate of drug-likeness (QED) is 0.616. The zero-order chi connectivity index (χ0) is 17.4. The molecule has 130 valence electrons. The summed E-state index contributed by atoms with van der Waals surface area (Å²) in [6, 6.07) is 3.87. The fraction of sp³-hybridized carbons (Fsp3) is 0.550. The molecule has 1 aliphatic rings. The fourth-order valence-electron chi connectivity index (χ4n) is 3.16. The third kappa shape index (κ3) is 5.02. The van der Waals surface area contributed by atoms with Gasteiger partial charge in [0, 0.05) is 11.8 Å². The summed E-state index contributed by atoms with van der Waals surface area (Å²) in [5.74, 6) is 0.839. The average molecular weight is 327 g/mol. The zero-order valence-electron chi connectivity index (χ0n) is 15.0. The fourth-order valence-corrected chi connectivity index (χ4v) is 3.16. The second kappa shape index (κ2) is 9.36. The molecule has 0 aromatic carbocycles. The molecule has 1 aromatic heterocycles. The summed E-state index contributed by atoms with van der Waals surface area (Å²) in [5.41, 5.74) is 2.68. The SMILES string of the molecule is C=NC(=N/C=C(/C)CC)c1ccc(C2CCCCCCC2)c(=O)[nH]1. The standard InChI is InChI=1S/C20H29N3O/c1-4-15(2)14-22-19(21-3)18-13-12-17(20(24)23-18)16-10-8-6-5-7-9-11-16/h12-14,16H,3-11H2,1-2H3,(H,23,24)/b15-14-,22-19?. The van der Waals surface area contributed by atoms with E-state index in [0.717, 1.165) is 30.4 Å². The first-order valence-corrected chi connectivity index (χ1v) is 9.09. The predicted octanol–water partition coefficient (Wildman–Crippen LogP) is 4.96. The Morgan fingerprint density at radius 3 is 2.50 bits per heavy atom. The van der Waals surface area contributed by atoms with Gasteiger partial charge in [-0.2, -0.15) is 0 Å². The van der Waals surface area contributed by atoms with Crippen LogP contribution in [-0.4, -0.2) is 17.5 Å². The molecule has 2 rings (SSSR count). The molecule has 0 radical (unpaired) electrons. The second-order valence-electron chi connectivity index (χ2n) is 6.64. The number of hydrogen-bond acceptors (Lipinski definition) is 2. The van der Waals surface area contributed by atoms with Crippen LogP contribution < -0.4 is 5.56 Å². The van der Waals surface area contributed by atoms with Gasteiger partial charge in [-0.25, -0.2) is 9.98 Å². The third-order valence-electron chi connectivity index (χ3n) is 4.84. The molecule has 0 bridgehead atoms. The molecule has 1 heterocycles. The summed E-state index contributed by atoms with van der Waals surface area (Å²) >= 11 is 0. The van der Waals surface area contributed by atoms with Crippen LogP contribution >= 0.6 is 0 Å². The Bertz CT molecular complexity index is 662. The lowest BCUT2D eigenvalue weighted by Crippen LogP contribution is -2.20. The smallest absolute Gasteiger partial charge is 0.251 e. The molecule has 0 saturated heterocycles. The van der Waals surface area contributed by atoms with Crippen LogP contribution in [0, 0.1) is 0 Å². The van der Waals surface area contributed by atoms with Crippen molar-refractivity contribution < 1.29 is 0 Å². The van der Waals surface area contributed by atoms with Crippen molar-refractivity contribution in [3.05, 3.63) is 45.5 Å². The number of aromatic nitrogens is 1. The summed E-state index contributed by atoms with van der Waals surface area (Å²) in [7, 11) is 0. The number of pyridine rings is 1. The van der Waals surface area contributed by atoms with E-state index in [4.69, 9.17) is 0 Å². The Morgan fingerprint density at radius 2 is 1.92 bits per heavy atom. The minimum Gasteiger partial charge on any atom is -0.319 e. The van der Waals surface area contributed by atoms with Crippen molar-refractivity contribution >= 4 is 12.6 Å². The molecule has 0 aliphatic heterocycles. The summed E-state index contributed by atoms with van der Waals surface area (Å²) in [6.07, 6.45) is 11.3. The molecule has 4 heteroatoms. The highest BCUT2D eigenvalue weighted by molar-refractivity contribution is 6.00. The molecule has 4 nitrogen and oxygen atoms in total. The molecule has 1 aromatic rings. The summed E-state index contributed by atoms with van der Waals surface area (Å²) in [4.78, 5) is 23.8. The lowest BCUT2D eigenvalue weighted by Gasteiger charge is -2.19. The number of aliphatic imine (C=N–C) groups is 2. The molecule has 1 saturated carbocycles. The predicted molar refractivity (Wildman–Crippen MR) is 102 cm³/mol. The van der Waals surface area contributed by atoms with Crippen molar-refractivity contribution in [1.82, 2.24) is 4.98 Å². The maximum atomic E-state index is 12.6. The summed E-state index contributed by atoms with van der Waals surface area (Å²) < 4.78 is 0. The van der Waals surface area contributed by atoms with Crippen LogP contribution in [-0.2, 0) is 0 Å². The molecule has 1 aliphatic carbocycles. The first kappa shape index (κ1) is 18.4. The first-order chi connectivity index (χ1) is 11.7. The van der Waals surface area contributed by atoms with Crippen LogP contribution in [0.4, 0.5) is 0 Å². The monoisotopic (exact) mass is 327 g/mol. The number of aromatic amines is 1. The number of rotatable bonds is 4. The molecular weight excluding hydrogens is 298 g/mol. The highest BCUT2D eigenvalue weighted by Crippen LogP contribution is 2.29. The van der Waals surface area contributed by atoms with Gasteiger partial charge in [0.2, 0.25) is 0 Å². The Hall–Kier alpha value is -1.97. The third-order valence-corrected chi connectivity index (χ3v) is 4.84. The van der Waals surface area contributed by atoms with Crippen molar-refractivity contribution in [2.24, 2.45) is 9.98 Å². The second-order valence-corrected chi connectivity index (χ2v) is 6.64. The Balaban J connectivity index is 2.24. The van der Waals surface area contributed by atoms with E-state index in [1.165, 1.54) is 32.1 Å². The van der Waals surface area contributed by atoms with Gasteiger partial charge in [-0.05, 0) is 44.9 Å². The van der Waals surface area contributed by atoms with Gasteiger partial charge in [0.15, 0.2) is 5.84 Å². The first-order valence-electron chi connectivity index (χ1n) is 9.09. The van der Waals surface area contributed by atoms with E-state index in [9.17, 15) is 4.79 Å². The largest absolute Gasteiger partial charge is 0.319 e. The van der Waals surface area contributed by atoms with E-state index in [-0.39, 0.29) is 5.56 Å². The molecule has 24 heavy (non-hydrogen) atoms. The molecule has 1 fully saturated rings. The van der Waals surface area contributed by atoms with Crippen LogP contribution in [0.5, 0.6) is 0 Å². The summed E-state index contributed by atoms with van der Waals surface area (Å²) in [6.45, 7) is 7.67. The molecule has 0 amide bonds. The van der Waals surface area contributed by atoms with Gasteiger partial charge in [0.05, 0.1) is 5.69 Å². The van der Waals surface area contributed by atoms with Gasteiger partial charge >= 0.3 is 0 Å². The van der Waals surface area contributed by atoms with Gasteiger partial charge in [0.1, 0.15) is 0 Å². The van der Waals surface area contributed by atoms with Gasteiger partial charge in [-0.15, -0.1) is 0 Å². The van der Waals surface area contributed by atoms with E-state index < -0.39 is 0 Å². The lowest BCUT2D eigenvalue weighted by atomic mass is 9.86. The normalized spacial score (nSPS) is 18.1. The molecule has 0 unspecified atom stereocenters. The Morgan fingerprint density at radius 1 is 1.25 bits per heavy atom. The van der Waals surface area contributed by atoms with Crippen LogP contribution in [0.3, 0.4) is 0 Å².